The molecule has 0 aliphatic carbocycles. The van der Waals surface area contributed by atoms with E-state index in [1.54, 1.807) is 0 Å². The molecule has 8 rings (SSSR count). The van der Waals surface area contributed by atoms with Crippen LogP contribution in [0.4, 0.5) is 34.1 Å². The first-order valence-electron chi connectivity index (χ1n) is 18.8. The highest BCUT2D eigenvalue weighted by Crippen LogP contribution is 2.38. The average molecular weight is 697 g/mol. The van der Waals surface area contributed by atoms with Gasteiger partial charge in [-0.15, -0.1) is 0 Å². The predicted molar refractivity (Wildman–Crippen MR) is 230 cm³/mol. The Bertz CT molecular complexity index is 2200. The van der Waals surface area contributed by atoms with Gasteiger partial charge in [-0.05, 0) is 133 Å². The molecule has 0 N–H and O–H groups in total. The fourth-order valence-corrected chi connectivity index (χ4v) is 7.06. The summed E-state index contributed by atoms with van der Waals surface area (Å²) in [5.74, 6) is 0. The molecule has 0 radical (unpaired) electrons. The lowest BCUT2D eigenvalue weighted by atomic mass is 10.0. The fraction of sp³-hybridized carbons (Fsp3) is 0.0769. The second kappa shape index (κ2) is 15.9. The molecule has 54 heavy (non-hydrogen) atoms. The normalized spacial score (nSPS) is 10.9. The number of anilines is 6. The van der Waals surface area contributed by atoms with Gasteiger partial charge in [-0.25, -0.2) is 0 Å². The Morgan fingerprint density at radius 1 is 0.259 bits per heavy atom. The number of nitrogens with zero attached hydrogens (tertiary/aromatic N) is 2. The Morgan fingerprint density at radius 2 is 0.500 bits per heavy atom. The lowest BCUT2D eigenvalue weighted by molar-refractivity contribution is 0.959. The molecule has 0 unspecified atom stereocenters. The standard InChI is InChI=1S/C52H44N2/c1-39-13-27-47(28-14-39)53(51-35-23-45(24-36-51)43-9-5-3-6-10-43)49-31-19-41(20-32-49)17-18-42-21-33-50(34-22-42)54(48-29-15-40(2)16-30-48)52-37-25-46(26-38-52)44-11-7-4-8-12-44/h3-16,19-38H,17-18H2,1-2H3. The van der Waals surface area contributed by atoms with E-state index in [1.807, 2.05) is 0 Å². The maximum atomic E-state index is 2.34. The van der Waals surface area contributed by atoms with Crippen LogP contribution in [0.3, 0.4) is 0 Å². The van der Waals surface area contributed by atoms with Crippen molar-refractivity contribution < 1.29 is 0 Å². The van der Waals surface area contributed by atoms with Gasteiger partial charge >= 0.3 is 0 Å². The van der Waals surface area contributed by atoms with Crippen molar-refractivity contribution in [2.45, 2.75) is 26.7 Å². The molecule has 0 saturated heterocycles. The van der Waals surface area contributed by atoms with Crippen LogP contribution in [-0.2, 0) is 12.8 Å². The van der Waals surface area contributed by atoms with E-state index in [2.05, 4.69) is 230 Å². The van der Waals surface area contributed by atoms with Crippen molar-refractivity contribution in [3.05, 3.63) is 229 Å². The molecule has 2 nitrogen and oxygen atoms in total. The quantitative estimate of drug-likeness (QED) is 0.133. The van der Waals surface area contributed by atoms with Gasteiger partial charge in [0.25, 0.3) is 0 Å². The van der Waals surface area contributed by atoms with E-state index in [1.165, 1.54) is 44.5 Å². The Balaban J connectivity index is 0.992. The van der Waals surface area contributed by atoms with Gasteiger partial charge in [0.15, 0.2) is 0 Å². The van der Waals surface area contributed by atoms with Gasteiger partial charge < -0.3 is 9.80 Å². The van der Waals surface area contributed by atoms with Crippen molar-refractivity contribution in [3.63, 3.8) is 0 Å². The minimum atomic E-state index is 0.971. The maximum absolute atomic E-state index is 2.34. The van der Waals surface area contributed by atoms with Gasteiger partial charge in [-0.2, -0.15) is 0 Å². The fourth-order valence-electron chi connectivity index (χ4n) is 7.06. The summed E-state index contributed by atoms with van der Waals surface area (Å²) in [5.41, 5.74) is 16.9. The molecule has 0 atom stereocenters. The number of hydrogen-bond donors (Lipinski definition) is 0. The van der Waals surface area contributed by atoms with Crippen LogP contribution in [0.15, 0.2) is 206 Å². The first kappa shape index (κ1) is 34.4. The van der Waals surface area contributed by atoms with Crippen LogP contribution in [0.2, 0.25) is 0 Å². The molecule has 0 aromatic heterocycles. The zero-order chi connectivity index (χ0) is 36.7. The zero-order valence-corrected chi connectivity index (χ0v) is 30.9. The molecule has 0 aliphatic heterocycles. The summed E-state index contributed by atoms with van der Waals surface area (Å²) in [7, 11) is 0. The van der Waals surface area contributed by atoms with Crippen molar-refractivity contribution in [2.75, 3.05) is 9.80 Å². The molecular formula is C52H44N2. The summed E-state index contributed by atoms with van der Waals surface area (Å²) in [6.07, 6.45) is 1.94. The maximum Gasteiger partial charge on any atom is 0.0462 e. The highest BCUT2D eigenvalue weighted by atomic mass is 15.1. The number of hydrogen-bond acceptors (Lipinski definition) is 2. The third-order valence-electron chi connectivity index (χ3n) is 10.1. The highest BCUT2D eigenvalue weighted by molar-refractivity contribution is 5.80. The van der Waals surface area contributed by atoms with Crippen LogP contribution in [-0.4, -0.2) is 0 Å². The molecule has 0 fully saturated rings. The van der Waals surface area contributed by atoms with Crippen molar-refractivity contribution in [1.29, 1.82) is 0 Å². The van der Waals surface area contributed by atoms with Crippen molar-refractivity contribution in [3.8, 4) is 22.3 Å². The lowest BCUT2D eigenvalue weighted by Crippen LogP contribution is -2.10. The van der Waals surface area contributed by atoms with Crippen molar-refractivity contribution in [2.24, 2.45) is 0 Å². The predicted octanol–water partition coefficient (Wildman–Crippen LogP) is 14.4. The van der Waals surface area contributed by atoms with Gasteiger partial charge in [0.2, 0.25) is 0 Å². The summed E-state index contributed by atoms with van der Waals surface area (Å²) in [6.45, 7) is 4.27. The lowest BCUT2D eigenvalue weighted by Gasteiger charge is -2.26. The van der Waals surface area contributed by atoms with Crippen molar-refractivity contribution >= 4 is 34.1 Å². The van der Waals surface area contributed by atoms with Gasteiger partial charge in [-0.3, -0.25) is 0 Å². The molecule has 0 bridgehead atoms. The molecule has 262 valence electrons. The summed E-state index contributed by atoms with van der Waals surface area (Å²) in [5, 5.41) is 0. The summed E-state index contributed by atoms with van der Waals surface area (Å²) in [4.78, 5) is 4.68. The first-order valence-corrected chi connectivity index (χ1v) is 18.8. The summed E-state index contributed by atoms with van der Waals surface area (Å²) < 4.78 is 0. The van der Waals surface area contributed by atoms with E-state index in [9.17, 15) is 0 Å². The second-order valence-electron chi connectivity index (χ2n) is 14.0. The SMILES string of the molecule is Cc1ccc(N(c2ccc(CCc3ccc(N(c4ccc(C)cc4)c4ccc(-c5ccccc5)cc4)cc3)cc2)c2ccc(-c3ccccc3)cc2)cc1. The minimum Gasteiger partial charge on any atom is -0.311 e. The molecule has 0 aliphatic rings. The molecule has 8 aromatic rings. The molecule has 0 saturated carbocycles. The van der Waals surface area contributed by atoms with Crippen LogP contribution < -0.4 is 9.80 Å². The molecule has 0 amide bonds. The largest absolute Gasteiger partial charge is 0.311 e. The van der Waals surface area contributed by atoms with Crippen LogP contribution in [0.5, 0.6) is 0 Å². The Kier molecular flexibility index (Phi) is 10.2. The third kappa shape index (κ3) is 7.89. The highest BCUT2D eigenvalue weighted by Gasteiger charge is 2.15. The van der Waals surface area contributed by atoms with Crippen LogP contribution in [0.1, 0.15) is 22.3 Å². The van der Waals surface area contributed by atoms with Gasteiger partial charge in [0, 0.05) is 34.1 Å². The van der Waals surface area contributed by atoms with E-state index in [4.69, 9.17) is 0 Å². The molecule has 2 heteroatoms. The first-order chi connectivity index (χ1) is 26.6. The van der Waals surface area contributed by atoms with E-state index in [0.717, 1.165) is 47.0 Å². The van der Waals surface area contributed by atoms with E-state index >= 15 is 0 Å². The second-order valence-corrected chi connectivity index (χ2v) is 14.0. The number of benzene rings is 8. The Labute approximate surface area is 320 Å². The molecular weight excluding hydrogens is 653 g/mol. The average Bonchev–Trinajstić information content (AvgIpc) is 3.24. The Hall–Kier alpha value is -6.64. The zero-order valence-electron chi connectivity index (χ0n) is 30.9. The number of rotatable bonds is 11. The third-order valence-corrected chi connectivity index (χ3v) is 10.1. The van der Waals surface area contributed by atoms with Crippen LogP contribution >= 0.6 is 0 Å². The van der Waals surface area contributed by atoms with Gasteiger partial charge in [-0.1, -0.05) is 145 Å². The van der Waals surface area contributed by atoms with E-state index in [0.29, 0.717) is 0 Å². The van der Waals surface area contributed by atoms with Gasteiger partial charge in [0.05, 0.1) is 0 Å². The number of aryl methyl sites for hydroxylation is 4. The van der Waals surface area contributed by atoms with Crippen LogP contribution in [0.25, 0.3) is 22.3 Å². The summed E-state index contributed by atoms with van der Waals surface area (Å²) >= 11 is 0. The smallest absolute Gasteiger partial charge is 0.0462 e. The topological polar surface area (TPSA) is 6.48 Å². The Morgan fingerprint density at radius 3 is 0.796 bits per heavy atom. The van der Waals surface area contributed by atoms with Crippen LogP contribution in [0, 0.1) is 13.8 Å². The van der Waals surface area contributed by atoms with E-state index in [-0.39, 0.29) is 0 Å². The molecule has 8 aromatic carbocycles. The molecule has 0 spiro atoms. The minimum absolute atomic E-state index is 0.971. The van der Waals surface area contributed by atoms with E-state index < -0.39 is 0 Å². The van der Waals surface area contributed by atoms with Gasteiger partial charge in [0.1, 0.15) is 0 Å². The molecule has 0 heterocycles. The monoisotopic (exact) mass is 696 g/mol. The van der Waals surface area contributed by atoms with Crippen molar-refractivity contribution in [1.82, 2.24) is 0 Å². The summed E-state index contributed by atoms with van der Waals surface area (Å²) in [6, 6.07) is 74.6.